The fourth-order valence-electron chi connectivity index (χ4n) is 4.86. The molecule has 37 heavy (non-hydrogen) atoms. The van der Waals surface area contributed by atoms with Crippen LogP contribution in [0.2, 0.25) is 0 Å². The molecule has 3 atom stereocenters. The molecule has 1 saturated heterocycles. The molecule has 0 saturated carbocycles. The standard InChI is InChI=1S/C28H32F2N2O5/c1-15(2)37-24-8-5-20(10-16(24)3)28(29,30)27(36)31-14-17-4-6-21-18(11-17)12-19(13-23(21)33)22-7-9-25(34)32-26(22)35/h4-6,8,10-11,13,15,22-23,26,33,35H,7,9,12,14H2,1-3H3,(H,31,36)(H,32,34). The van der Waals surface area contributed by atoms with Crippen molar-refractivity contribution in [1.29, 1.82) is 0 Å². The second kappa shape index (κ2) is 10.6. The summed E-state index contributed by atoms with van der Waals surface area (Å²) in [5.41, 5.74) is 2.96. The van der Waals surface area contributed by atoms with Gasteiger partial charge < -0.3 is 25.6 Å². The maximum Gasteiger partial charge on any atom is 0.349 e. The van der Waals surface area contributed by atoms with Crippen molar-refractivity contribution in [3.63, 3.8) is 0 Å². The third kappa shape index (κ3) is 5.83. The summed E-state index contributed by atoms with van der Waals surface area (Å²) >= 11 is 0. The molecule has 2 amide bonds. The highest BCUT2D eigenvalue weighted by molar-refractivity contribution is 5.84. The van der Waals surface area contributed by atoms with Gasteiger partial charge in [-0.05, 0) is 74.1 Å². The van der Waals surface area contributed by atoms with E-state index in [-0.39, 0.29) is 30.9 Å². The summed E-state index contributed by atoms with van der Waals surface area (Å²) < 4.78 is 35.4. The number of aliphatic hydroxyl groups excluding tert-OH is 2. The van der Waals surface area contributed by atoms with E-state index in [1.807, 2.05) is 13.8 Å². The zero-order valence-corrected chi connectivity index (χ0v) is 21.1. The number of amides is 2. The maximum atomic E-state index is 14.9. The van der Waals surface area contributed by atoms with Gasteiger partial charge in [0.15, 0.2) is 0 Å². The average Bonchev–Trinajstić information content (AvgIpc) is 2.83. The molecule has 2 aromatic carbocycles. The summed E-state index contributed by atoms with van der Waals surface area (Å²) in [4.78, 5) is 24.0. The van der Waals surface area contributed by atoms with Crippen LogP contribution in [-0.4, -0.2) is 34.4 Å². The molecule has 0 radical (unpaired) electrons. The van der Waals surface area contributed by atoms with Gasteiger partial charge in [-0.2, -0.15) is 8.78 Å². The lowest BCUT2D eigenvalue weighted by Gasteiger charge is -2.33. The van der Waals surface area contributed by atoms with Gasteiger partial charge in [-0.1, -0.05) is 29.8 Å². The fraction of sp³-hybridized carbons (Fsp3) is 0.429. The van der Waals surface area contributed by atoms with Gasteiger partial charge >= 0.3 is 5.92 Å². The minimum Gasteiger partial charge on any atom is -0.491 e. The van der Waals surface area contributed by atoms with Crippen LogP contribution in [0.5, 0.6) is 5.75 Å². The molecule has 1 aliphatic heterocycles. The topological polar surface area (TPSA) is 108 Å². The third-order valence-electron chi connectivity index (χ3n) is 6.78. The van der Waals surface area contributed by atoms with Gasteiger partial charge in [0, 0.05) is 24.4 Å². The molecule has 0 aromatic heterocycles. The Morgan fingerprint density at radius 2 is 1.97 bits per heavy atom. The molecular weight excluding hydrogens is 482 g/mol. The molecule has 0 spiro atoms. The largest absolute Gasteiger partial charge is 0.491 e. The Bertz CT molecular complexity index is 1230. The number of hydrogen-bond acceptors (Lipinski definition) is 5. The monoisotopic (exact) mass is 514 g/mol. The van der Waals surface area contributed by atoms with Gasteiger partial charge in [0.2, 0.25) is 5.91 Å². The van der Waals surface area contributed by atoms with Gasteiger partial charge in [-0.15, -0.1) is 0 Å². The van der Waals surface area contributed by atoms with Crippen LogP contribution >= 0.6 is 0 Å². The van der Waals surface area contributed by atoms with Gasteiger partial charge in [0.1, 0.15) is 12.0 Å². The Morgan fingerprint density at radius 3 is 2.65 bits per heavy atom. The highest BCUT2D eigenvalue weighted by atomic mass is 19.3. The van der Waals surface area contributed by atoms with Crippen molar-refractivity contribution in [3.8, 4) is 5.75 Å². The highest BCUT2D eigenvalue weighted by Gasteiger charge is 2.41. The number of fused-ring (bicyclic) bond motifs is 1. The van der Waals surface area contributed by atoms with E-state index < -0.39 is 29.7 Å². The molecule has 7 nitrogen and oxygen atoms in total. The third-order valence-corrected chi connectivity index (χ3v) is 6.78. The summed E-state index contributed by atoms with van der Waals surface area (Å²) in [5.74, 6) is -5.19. The smallest absolute Gasteiger partial charge is 0.349 e. The normalized spacial score (nSPS) is 21.7. The first-order valence-electron chi connectivity index (χ1n) is 12.4. The molecule has 1 fully saturated rings. The quantitative estimate of drug-likeness (QED) is 0.423. The number of aliphatic hydroxyl groups is 2. The number of alkyl halides is 2. The number of ether oxygens (including phenoxy) is 1. The van der Waals surface area contributed by atoms with Crippen LogP contribution in [0.4, 0.5) is 8.78 Å². The first-order valence-corrected chi connectivity index (χ1v) is 12.4. The summed E-state index contributed by atoms with van der Waals surface area (Å²) in [6.45, 7) is 5.21. The number of aryl methyl sites for hydroxylation is 1. The van der Waals surface area contributed by atoms with Crippen LogP contribution in [0.1, 0.15) is 60.6 Å². The van der Waals surface area contributed by atoms with E-state index in [1.165, 1.54) is 18.2 Å². The van der Waals surface area contributed by atoms with E-state index >= 15 is 0 Å². The second-order valence-corrected chi connectivity index (χ2v) is 9.96. The SMILES string of the molecule is Cc1cc(C(F)(F)C(=O)NCc2ccc3c(c2)CC(C2CCC(=O)NC2O)=CC3O)ccc1OC(C)C. The van der Waals surface area contributed by atoms with E-state index in [0.29, 0.717) is 35.3 Å². The number of nitrogens with one attached hydrogen (secondary N) is 2. The lowest BCUT2D eigenvalue weighted by Crippen LogP contribution is -2.45. The molecule has 2 aromatic rings. The van der Waals surface area contributed by atoms with Crippen LogP contribution < -0.4 is 15.4 Å². The van der Waals surface area contributed by atoms with Crippen molar-refractivity contribution in [1.82, 2.24) is 10.6 Å². The molecule has 198 valence electrons. The molecule has 0 bridgehead atoms. The second-order valence-electron chi connectivity index (χ2n) is 9.96. The Labute approximate surface area is 214 Å². The molecule has 3 unspecified atom stereocenters. The van der Waals surface area contributed by atoms with Crippen molar-refractivity contribution in [3.05, 3.63) is 75.9 Å². The molecule has 4 rings (SSSR count). The Kier molecular flexibility index (Phi) is 7.66. The van der Waals surface area contributed by atoms with E-state index in [4.69, 9.17) is 4.74 Å². The first kappa shape index (κ1) is 26.8. The highest BCUT2D eigenvalue weighted by Crippen LogP contribution is 2.36. The minimum absolute atomic E-state index is 0.105. The molecule has 1 aliphatic carbocycles. The van der Waals surface area contributed by atoms with Crippen molar-refractivity contribution >= 4 is 11.8 Å². The van der Waals surface area contributed by atoms with Gasteiger partial charge in [0.25, 0.3) is 5.91 Å². The molecule has 2 aliphatic rings. The molecule has 9 heteroatoms. The van der Waals surface area contributed by atoms with Gasteiger partial charge in [-0.3, -0.25) is 9.59 Å². The van der Waals surface area contributed by atoms with E-state index in [1.54, 1.807) is 31.2 Å². The number of benzene rings is 2. The van der Waals surface area contributed by atoms with E-state index in [0.717, 1.165) is 11.1 Å². The maximum absolute atomic E-state index is 14.9. The van der Waals surface area contributed by atoms with Gasteiger partial charge in [-0.25, -0.2) is 0 Å². The Morgan fingerprint density at radius 1 is 1.22 bits per heavy atom. The van der Waals surface area contributed by atoms with E-state index in [2.05, 4.69) is 10.6 Å². The van der Waals surface area contributed by atoms with Crippen LogP contribution in [-0.2, 0) is 28.5 Å². The minimum atomic E-state index is -3.73. The van der Waals surface area contributed by atoms with Crippen LogP contribution in [0, 0.1) is 12.8 Å². The summed E-state index contributed by atoms with van der Waals surface area (Å²) in [6.07, 6.45) is 0.862. The predicted molar refractivity (Wildman–Crippen MR) is 133 cm³/mol. The van der Waals surface area contributed by atoms with Crippen molar-refractivity contribution in [2.75, 3.05) is 0 Å². The van der Waals surface area contributed by atoms with Crippen molar-refractivity contribution in [2.24, 2.45) is 5.92 Å². The molecule has 1 heterocycles. The number of carbonyl (C=O) groups excluding carboxylic acids is 2. The number of hydrogen-bond donors (Lipinski definition) is 4. The first-order chi connectivity index (χ1) is 17.5. The summed E-state index contributed by atoms with van der Waals surface area (Å²) in [6, 6.07) is 9.05. The molecular formula is C28H32F2N2O5. The summed E-state index contributed by atoms with van der Waals surface area (Å²) in [7, 11) is 0. The number of carbonyl (C=O) groups is 2. The van der Waals surface area contributed by atoms with Gasteiger partial charge in [0.05, 0.1) is 12.2 Å². The zero-order chi connectivity index (χ0) is 26.9. The number of rotatable bonds is 7. The average molecular weight is 515 g/mol. The van der Waals surface area contributed by atoms with Crippen molar-refractivity contribution < 1.29 is 33.3 Å². The Hall–Kier alpha value is -3.30. The summed E-state index contributed by atoms with van der Waals surface area (Å²) in [5, 5.41) is 25.7. The molecule has 4 N–H and O–H groups in total. The van der Waals surface area contributed by atoms with E-state index in [9.17, 15) is 28.6 Å². The fourth-order valence-corrected chi connectivity index (χ4v) is 4.86. The van der Waals surface area contributed by atoms with Crippen LogP contribution in [0.3, 0.4) is 0 Å². The van der Waals surface area contributed by atoms with Crippen LogP contribution in [0.25, 0.3) is 0 Å². The Balaban J connectivity index is 1.44. The van der Waals surface area contributed by atoms with Crippen LogP contribution in [0.15, 0.2) is 48.0 Å². The number of halogens is 2. The number of piperidine rings is 1. The predicted octanol–water partition coefficient (Wildman–Crippen LogP) is 3.55. The lowest BCUT2D eigenvalue weighted by atomic mass is 9.79. The lowest BCUT2D eigenvalue weighted by molar-refractivity contribution is -0.147. The van der Waals surface area contributed by atoms with Crippen molar-refractivity contribution in [2.45, 2.75) is 70.9 Å². The zero-order valence-electron chi connectivity index (χ0n) is 21.1.